The van der Waals surface area contributed by atoms with Gasteiger partial charge >= 0.3 is 0 Å². The molecular weight excluding hydrogens is 272 g/mol. The van der Waals surface area contributed by atoms with Gasteiger partial charge in [-0.3, -0.25) is 0 Å². The minimum Gasteiger partial charge on any atom is -0.367 e. The molecule has 0 fully saturated rings. The van der Waals surface area contributed by atoms with E-state index in [1.165, 1.54) is 16.7 Å². The summed E-state index contributed by atoms with van der Waals surface area (Å²) in [6.07, 6.45) is 3.20. The van der Waals surface area contributed by atoms with Crippen molar-refractivity contribution in [2.75, 3.05) is 5.73 Å². The van der Waals surface area contributed by atoms with Crippen LogP contribution < -0.4 is 5.73 Å². The molecule has 3 heteroatoms. The second-order valence-corrected chi connectivity index (χ2v) is 5.84. The fourth-order valence-corrected chi connectivity index (χ4v) is 3.34. The van der Waals surface area contributed by atoms with Crippen molar-refractivity contribution in [3.05, 3.63) is 71.4 Å². The van der Waals surface area contributed by atoms with Crippen molar-refractivity contribution in [1.29, 1.82) is 0 Å². The zero-order valence-corrected chi connectivity index (χ0v) is 12.3. The quantitative estimate of drug-likeness (QED) is 0.761. The lowest BCUT2D eigenvalue weighted by Gasteiger charge is -2.21. The van der Waals surface area contributed by atoms with Gasteiger partial charge in [-0.15, -0.1) is 0 Å². The topological polar surface area (TPSA) is 52.0 Å². The van der Waals surface area contributed by atoms with Crippen molar-refractivity contribution in [2.45, 2.75) is 25.2 Å². The fourth-order valence-electron chi connectivity index (χ4n) is 3.34. The van der Waals surface area contributed by atoms with Gasteiger partial charge in [-0.1, -0.05) is 59.8 Å². The van der Waals surface area contributed by atoms with Gasteiger partial charge in [0.25, 0.3) is 0 Å². The summed E-state index contributed by atoms with van der Waals surface area (Å²) >= 11 is 0. The second-order valence-electron chi connectivity index (χ2n) is 5.84. The molecule has 1 unspecified atom stereocenters. The zero-order valence-electron chi connectivity index (χ0n) is 12.3. The molecule has 2 N–H and O–H groups in total. The fraction of sp³-hybridized carbons (Fsp3) is 0.211. The van der Waals surface area contributed by atoms with E-state index in [1.807, 2.05) is 6.07 Å². The number of nitrogens with two attached hydrogens (primary N) is 1. The highest BCUT2D eigenvalue weighted by Gasteiger charge is 2.27. The normalized spacial score (nSPS) is 17.2. The first-order valence-electron chi connectivity index (χ1n) is 7.72. The molecule has 1 atom stereocenters. The van der Waals surface area contributed by atoms with Gasteiger partial charge in [-0.25, -0.2) is 0 Å². The molecule has 110 valence electrons. The Kier molecular flexibility index (Phi) is 3.19. The Hall–Kier alpha value is -2.55. The predicted octanol–water partition coefficient (Wildman–Crippen LogP) is 4.39. The van der Waals surface area contributed by atoms with Crippen LogP contribution in [0, 0.1) is 0 Å². The SMILES string of the molecule is Nc1onc2c1CCCC2c1ccc(-c2ccccc2)cc1. The monoisotopic (exact) mass is 290 g/mol. The molecule has 0 aliphatic heterocycles. The lowest BCUT2D eigenvalue weighted by atomic mass is 9.82. The first-order valence-corrected chi connectivity index (χ1v) is 7.72. The van der Waals surface area contributed by atoms with Crippen LogP contribution in [0.2, 0.25) is 0 Å². The summed E-state index contributed by atoms with van der Waals surface area (Å²) in [4.78, 5) is 0. The molecule has 0 amide bonds. The molecule has 0 saturated heterocycles. The van der Waals surface area contributed by atoms with E-state index in [-0.39, 0.29) is 0 Å². The van der Waals surface area contributed by atoms with Crippen molar-refractivity contribution < 1.29 is 4.52 Å². The summed E-state index contributed by atoms with van der Waals surface area (Å²) in [6.45, 7) is 0. The summed E-state index contributed by atoms with van der Waals surface area (Å²) in [6, 6.07) is 19.2. The minimum absolute atomic E-state index is 0.301. The van der Waals surface area contributed by atoms with Gasteiger partial charge in [-0.05, 0) is 36.0 Å². The highest BCUT2D eigenvalue weighted by atomic mass is 16.5. The summed E-state index contributed by atoms with van der Waals surface area (Å²) in [5, 5.41) is 4.19. The Balaban J connectivity index is 1.67. The van der Waals surface area contributed by atoms with E-state index in [2.05, 4.69) is 53.7 Å². The van der Waals surface area contributed by atoms with Gasteiger partial charge in [-0.2, -0.15) is 0 Å². The molecule has 0 saturated carbocycles. The third kappa shape index (κ3) is 2.19. The number of nitrogen functional groups attached to an aromatic ring is 1. The van der Waals surface area contributed by atoms with Crippen LogP contribution in [0.15, 0.2) is 59.1 Å². The third-order valence-electron chi connectivity index (χ3n) is 4.52. The van der Waals surface area contributed by atoms with Gasteiger partial charge in [0.05, 0.1) is 5.69 Å². The molecule has 4 rings (SSSR count). The Morgan fingerprint density at radius 2 is 1.68 bits per heavy atom. The summed E-state index contributed by atoms with van der Waals surface area (Å²) in [5.74, 6) is 0.787. The molecule has 2 aromatic carbocycles. The lowest BCUT2D eigenvalue weighted by molar-refractivity contribution is 0.422. The number of hydrogen-bond acceptors (Lipinski definition) is 3. The maximum atomic E-state index is 5.87. The molecule has 22 heavy (non-hydrogen) atoms. The van der Waals surface area contributed by atoms with E-state index in [0.717, 1.165) is 30.5 Å². The first-order chi connectivity index (χ1) is 10.8. The molecule has 1 aliphatic carbocycles. The maximum Gasteiger partial charge on any atom is 0.225 e. The Labute approximate surface area is 129 Å². The molecule has 1 aromatic heterocycles. The molecule has 1 heterocycles. The van der Waals surface area contributed by atoms with E-state index >= 15 is 0 Å². The number of hydrogen-bond donors (Lipinski definition) is 1. The minimum atomic E-state index is 0.301. The van der Waals surface area contributed by atoms with Crippen LogP contribution in [-0.4, -0.2) is 5.16 Å². The number of anilines is 1. The zero-order chi connectivity index (χ0) is 14.9. The highest BCUT2D eigenvalue weighted by Crippen LogP contribution is 2.38. The standard InChI is InChI=1S/C19H18N2O/c20-19-17-8-4-7-16(18(17)21-22-19)15-11-9-14(10-12-15)13-5-2-1-3-6-13/h1-3,5-6,9-12,16H,4,7-8,20H2. The van der Waals surface area contributed by atoms with Crippen molar-refractivity contribution in [2.24, 2.45) is 0 Å². The van der Waals surface area contributed by atoms with Crippen LogP contribution in [0.5, 0.6) is 0 Å². The van der Waals surface area contributed by atoms with Crippen molar-refractivity contribution >= 4 is 5.88 Å². The molecule has 3 nitrogen and oxygen atoms in total. The van der Waals surface area contributed by atoms with Crippen LogP contribution in [0.1, 0.15) is 35.6 Å². The molecular formula is C19H18N2O. The van der Waals surface area contributed by atoms with E-state index in [1.54, 1.807) is 0 Å². The van der Waals surface area contributed by atoms with E-state index in [4.69, 9.17) is 10.3 Å². The average molecular weight is 290 g/mol. The largest absolute Gasteiger partial charge is 0.367 e. The predicted molar refractivity (Wildman–Crippen MR) is 87.6 cm³/mol. The summed E-state index contributed by atoms with van der Waals surface area (Å²) in [5.41, 5.74) is 11.8. The lowest BCUT2D eigenvalue weighted by Crippen LogP contribution is -2.11. The van der Waals surface area contributed by atoms with Crippen LogP contribution in [0.3, 0.4) is 0 Å². The van der Waals surface area contributed by atoms with Gasteiger partial charge in [0.2, 0.25) is 5.88 Å². The third-order valence-corrected chi connectivity index (χ3v) is 4.52. The van der Waals surface area contributed by atoms with Crippen LogP contribution in [0.4, 0.5) is 5.88 Å². The number of aromatic nitrogens is 1. The molecule has 0 spiro atoms. The molecule has 0 bridgehead atoms. The second kappa shape index (κ2) is 5.34. The summed E-state index contributed by atoms with van der Waals surface area (Å²) in [7, 11) is 0. The Morgan fingerprint density at radius 3 is 2.45 bits per heavy atom. The first kappa shape index (κ1) is 13.1. The highest BCUT2D eigenvalue weighted by molar-refractivity contribution is 5.63. The Bertz CT molecular complexity index is 775. The van der Waals surface area contributed by atoms with Crippen LogP contribution in [-0.2, 0) is 6.42 Å². The smallest absolute Gasteiger partial charge is 0.225 e. The number of nitrogens with zero attached hydrogens (tertiary/aromatic N) is 1. The molecule has 0 radical (unpaired) electrons. The van der Waals surface area contributed by atoms with Gasteiger partial charge in [0.1, 0.15) is 0 Å². The van der Waals surface area contributed by atoms with Gasteiger partial charge < -0.3 is 10.3 Å². The van der Waals surface area contributed by atoms with Gasteiger partial charge in [0, 0.05) is 11.5 Å². The van der Waals surface area contributed by atoms with E-state index in [9.17, 15) is 0 Å². The number of fused-ring (bicyclic) bond motifs is 1. The van der Waals surface area contributed by atoms with E-state index in [0.29, 0.717) is 11.8 Å². The van der Waals surface area contributed by atoms with E-state index < -0.39 is 0 Å². The van der Waals surface area contributed by atoms with Crippen molar-refractivity contribution in [3.63, 3.8) is 0 Å². The van der Waals surface area contributed by atoms with Crippen molar-refractivity contribution in [3.8, 4) is 11.1 Å². The van der Waals surface area contributed by atoms with Crippen molar-refractivity contribution in [1.82, 2.24) is 5.16 Å². The number of rotatable bonds is 2. The van der Waals surface area contributed by atoms with Crippen LogP contribution in [0.25, 0.3) is 11.1 Å². The summed E-state index contributed by atoms with van der Waals surface area (Å²) < 4.78 is 5.19. The molecule has 1 aliphatic rings. The van der Waals surface area contributed by atoms with Crippen LogP contribution >= 0.6 is 0 Å². The number of benzene rings is 2. The average Bonchev–Trinajstić information content (AvgIpc) is 2.97. The Morgan fingerprint density at radius 1 is 0.955 bits per heavy atom. The van der Waals surface area contributed by atoms with Gasteiger partial charge in [0.15, 0.2) is 0 Å². The molecule has 3 aromatic rings. The maximum absolute atomic E-state index is 5.87.